The Hall–Kier alpha value is -4.34. The van der Waals surface area contributed by atoms with E-state index in [0.717, 1.165) is 43.9 Å². The van der Waals surface area contributed by atoms with E-state index < -0.39 is 11.8 Å². The average molecular weight is 561 g/mol. The normalized spacial score (nSPS) is 18.6. The lowest BCUT2D eigenvalue weighted by molar-refractivity contribution is -0.0593. The number of hydrogen-bond donors (Lipinski definition) is 1. The highest BCUT2D eigenvalue weighted by molar-refractivity contribution is 5.85. The number of hydrogen-bond acceptors (Lipinski definition) is 9. The Morgan fingerprint density at radius 1 is 1.24 bits per heavy atom. The van der Waals surface area contributed by atoms with Gasteiger partial charge in [0.15, 0.2) is 0 Å². The Labute approximate surface area is 235 Å². The fourth-order valence-corrected chi connectivity index (χ4v) is 5.27. The molecule has 0 spiro atoms. The Kier molecular flexibility index (Phi) is 7.15. The SMILES string of the molecule is CC1(c2cccc(OCc3ccc(C#N)cc3F)n2)CCN(Cc2nc3oc(C(=O)O)nc3n2C[C@@H]2CCO2)CC1. The Bertz CT molecular complexity index is 1630. The van der Waals surface area contributed by atoms with Gasteiger partial charge in [0.05, 0.1) is 36.5 Å². The molecule has 0 radical (unpaired) electrons. The first kappa shape index (κ1) is 26.9. The van der Waals surface area contributed by atoms with Crippen LogP contribution in [0.3, 0.4) is 0 Å². The number of carboxylic acid groups (broad SMARTS) is 1. The molecule has 1 atom stereocenters. The lowest BCUT2D eigenvalue weighted by Gasteiger charge is -2.39. The number of nitrogens with zero attached hydrogens (tertiary/aromatic N) is 6. The zero-order chi connectivity index (χ0) is 28.6. The number of carbonyl (C=O) groups is 1. The van der Waals surface area contributed by atoms with Gasteiger partial charge in [-0.05, 0) is 50.6 Å². The molecule has 12 heteroatoms. The van der Waals surface area contributed by atoms with Crippen LogP contribution in [-0.4, -0.2) is 61.3 Å². The van der Waals surface area contributed by atoms with Crippen LogP contribution in [0.4, 0.5) is 4.39 Å². The van der Waals surface area contributed by atoms with Crippen LogP contribution in [0.25, 0.3) is 11.4 Å². The van der Waals surface area contributed by atoms with Crippen LogP contribution in [0.1, 0.15) is 59.5 Å². The summed E-state index contributed by atoms with van der Waals surface area (Å²) in [6.07, 6.45) is 2.70. The molecule has 3 aromatic heterocycles. The molecule has 4 aromatic rings. The average Bonchev–Trinajstić information content (AvgIpc) is 3.50. The number of likely N-dealkylation sites (tertiary alicyclic amines) is 1. The molecule has 0 saturated carbocycles. The maximum atomic E-state index is 14.3. The molecule has 2 saturated heterocycles. The molecule has 2 aliphatic heterocycles. The molecule has 212 valence electrons. The van der Waals surface area contributed by atoms with Crippen molar-refractivity contribution in [2.75, 3.05) is 19.7 Å². The number of piperidine rings is 1. The van der Waals surface area contributed by atoms with Crippen molar-refractivity contribution in [3.63, 3.8) is 0 Å². The minimum atomic E-state index is -1.23. The minimum absolute atomic E-state index is 0.0166. The van der Waals surface area contributed by atoms with Crippen molar-refractivity contribution in [1.82, 2.24) is 24.4 Å². The Morgan fingerprint density at radius 2 is 2.05 bits per heavy atom. The van der Waals surface area contributed by atoms with Gasteiger partial charge in [0.2, 0.25) is 11.5 Å². The summed E-state index contributed by atoms with van der Waals surface area (Å²) < 4.78 is 33.0. The van der Waals surface area contributed by atoms with E-state index in [1.54, 1.807) is 18.2 Å². The molecule has 5 heterocycles. The molecule has 0 unspecified atom stereocenters. The second-order valence-corrected chi connectivity index (χ2v) is 10.8. The lowest BCUT2D eigenvalue weighted by atomic mass is 9.77. The summed E-state index contributed by atoms with van der Waals surface area (Å²) in [7, 11) is 0. The van der Waals surface area contributed by atoms with Crippen molar-refractivity contribution in [2.24, 2.45) is 0 Å². The number of fused-ring (bicyclic) bond motifs is 1. The molecule has 0 bridgehead atoms. The van der Waals surface area contributed by atoms with E-state index in [-0.39, 0.29) is 35.3 Å². The van der Waals surface area contributed by atoms with E-state index in [1.807, 2.05) is 22.8 Å². The first-order valence-corrected chi connectivity index (χ1v) is 13.5. The summed E-state index contributed by atoms with van der Waals surface area (Å²) in [6.45, 7) is 5.66. The van der Waals surface area contributed by atoms with E-state index in [2.05, 4.69) is 21.8 Å². The molecule has 0 amide bonds. The first-order valence-electron chi connectivity index (χ1n) is 13.5. The summed E-state index contributed by atoms with van der Waals surface area (Å²) >= 11 is 0. The Morgan fingerprint density at radius 3 is 2.73 bits per heavy atom. The number of aromatic carboxylic acids is 1. The molecule has 6 rings (SSSR count). The van der Waals surface area contributed by atoms with Crippen molar-refractivity contribution < 1.29 is 28.2 Å². The van der Waals surface area contributed by atoms with Crippen molar-refractivity contribution in [3.05, 3.63) is 70.8 Å². The first-order chi connectivity index (χ1) is 19.8. The number of halogens is 1. The maximum Gasteiger partial charge on any atom is 0.392 e. The molecule has 1 aromatic carbocycles. The molecule has 0 aliphatic carbocycles. The standard InChI is InChI=1S/C29H29FN6O5/c1-29(22-3-2-4-24(32-22)40-17-19-6-5-18(14-31)13-21(19)30)8-10-35(11-9-29)16-23-33-26-25(34-27(41-26)28(37)38)36(23)15-20-7-12-39-20/h2-6,13,20H,7-12,15-17H2,1H3,(H,37,38)/t20-/m0/s1. The number of pyridine rings is 1. The third-order valence-corrected chi connectivity index (χ3v) is 7.98. The number of oxazole rings is 1. The van der Waals surface area contributed by atoms with Crippen molar-refractivity contribution in [1.29, 1.82) is 5.26 Å². The highest BCUT2D eigenvalue weighted by atomic mass is 19.1. The predicted octanol–water partition coefficient (Wildman–Crippen LogP) is 4.05. The Balaban J connectivity index is 1.11. The smallest absolute Gasteiger partial charge is 0.392 e. The minimum Gasteiger partial charge on any atom is -0.474 e. The summed E-state index contributed by atoms with van der Waals surface area (Å²) in [5.74, 6) is -0.884. The number of nitriles is 1. The highest BCUT2D eigenvalue weighted by Crippen LogP contribution is 2.35. The molecular weight excluding hydrogens is 531 g/mol. The van der Waals surface area contributed by atoms with E-state index in [0.29, 0.717) is 36.8 Å². The van der Waals surface area contributed by atoms with Crippen LogP contribution in [0, 0.1) is 17.1 Å². The van der Waals surface area contributed by atoms with E-state index >= 15 is 0 Å². The summed E-state index contributed by atoms with van der Waals surface area (Å²) in [6, 6.07) is 11.9. The van der Waals surface area contributed by atoms with Gasteiger partial charge in [-0.15, -0.1) is 0 Å². The van der Waals surface area contributed by atoms with Gasteiger partial charge >= 0.3 is 11.9 Å². The van der Waals surface area contributed by atoms with Crippen LogP contribution in [0.2, 0.25) is 0 Å². The summed E-state index contributed by atoms with van der Waals surface area (Å²) in [5.41, 5.74) is 2.02. The van der Waals surface area contributed by atoms with E-state index in [1.165, 1.54) is 6.07 Å². The molecule has 11 nitrogen and oxygen atoms in total. The molecule has 2 aliphatic rings. The number of rotatable bonds is 9. The number of ether oxygens (including phenoxy) is 2. The molecular formula is C29H29FN6O5. The molecule has 2 fully saturated rings. The second-order valence-electron chi connectivity index (χ2n) is 10.8. The van der Waals surface area contributed by atoms with Crippen LogP contribution < -0.4 is 4.74 Å². The highest BCUT2D eigenvalue weighted by Gasteiger charge is 2.34. The van der Waals surface area contributed by atoms with Crippen molar-refractivity contribution in [2.45, 2.75) is 57.4 Å². The fourth-order valence-electron chi connectivity index (χ4n) is 5.27. The van der Waals surface area contributed by atoms with Gasteiger partial charge in [0, 0.05) is 23.7 Å². The molecule has 41 heavy (non-hydrogen) atoms. The third-order valence-electron chi connectivity index (χ3n) is 7.98. The number of aromatic nitrogens is 4. The summed E-state index contributed by atoms with van der Waals surface area (Å²) in [5, 5.41) is 18.2. The topological polar surface area (TPSA) is 140 Å². The zero-order valence-corrected chi connectivity index (χ0v) is 22.5. The van der Waals surface area contributed by atoms with Gasteiger partial charge in [-0.2, -0.15) is 15.2 Å². The van der Waals surface area contributed by atoms with Crippen LogP contribution in [0.15, 0.2) is 40.8 Å². The third kappa shape index (κ3) is 5.51. The zero-order valence-electron chi connectivity index (χ0n) is 22.5. The molecule has 1 N–H and O–H groups in total. The lowest BCUT2D eigenvalue weighted by Crippen LogP contribution is -2.41. The van der Waals surface area contributed by atoms with Crippen molar-refractivity contribution in [3.8, 4) is 11.9 Å². The van der Waals surface area contributed by atoms with E-state index in [4.69, 9.17) is 24.1 Å². The van der Waals surface area contributed by atoms with Gasteiger partial charge in [-0.25, -0.2) is 14.2 Å². The second kappa shape index (κ2) is 10.9. The van der Waals surface area contributed by atoms with Gasteiger partial charge in [0.1, 0.15) is 18.2 Å². The number of imidazole rings is 1. The van der Waals surface area contributed by atoms with Crippen molar-refractivity contribution >= 4 is 17.3 Å². The predicted molar refractivity (Wildman–Crippen MR) is 143 cm³/mol. The van der Waals surface area contributed by atoms with Gasteiger partial charge in [-0.1, -0.05) is 19.1 Å². The van der Waals surface area contributed by atoms with Crippen LogP contribution in [0.5, 0.6) is 5.88 Å². The largest absolute Gasteiger partial charge is 0.474 e. The van der Waals surface area contributed by atoms with Crippen LogP contribution >= 0.6 is 0 Å². The quantitative estimate of drug-likeness (QED) is 0.319. The van der Waals surface area contributed by atoms with Gasteiger partial charge < -0.3 is 23.6 Å². The maximum absolute atomic E-state index is 14.3. The number of carboxylic acids is 1. The van der Waals surface area contributed by atoms with E-state index in [9.17, 15) is 14.3 Å². The van der Waals surface area contributed by atoms with Gasteiger partial charge in [0.25, 0.3) is 5.71 Å². The van der Waals surface area contributed by atoms with Crippen LogP contribution in [-0.2, 0) is 29.8 Å². The summed E-state index contributed by atoms with van der Waals surface area (Å²) in [4.78, 5) is 27.2. The fraction of sp³-hybridized carbons (Fsp3) is 0.414. The monoisotopic (exact) mass is 560 g/mol. The van der Waals surface area contributed by atoms with Gasteiger partial charge in [-0.3, -0.25) is 4.90 Å². The number of benzene rings is 1.